The average Bonchev–Trinajstić information content (AvgIpc) is 2.42. The summed E-state index contributed by atoms with van der Waals surface area (Å²) >= 11 is 0. The van der Waals surface area contributed by atoms with Crippen LogP contribution < -0.4 is 4.74 Å². The van der Waals surface area contributed by atoms with Crippen LogP contribution in [0.15, 0.2) is 24.3 Å². The fraction of sp³-hybridized carbons (Fsp3) is 0.667. The van der Waals surface area contributed by atoms with Gasteiger partial charge in [0.25, 0.3) is 0 Å². The normalized spacial score (nSPS) is 26.3. The van der Waals surface area contributed by atoms with E-state index in [4.69, 9.17) is 9.47 Å². The first-order valence-electron chi connectivity index (χ1n) is 7.83. The van der Waals surface area contributed by atoms with E-state index < -0.39 is 6.10 Å². The molecule has 3 unspecified atom stereocenters. The summed E-state index contributed by atoms with van der Waals surface area (Å²) in [5.41, 5.74) is 1.18. The van der Waals surface area contributed by atoms with Crippen molar-refractivity contribution in [3.05, 3.63) is 29.8 Å². The Balaban J connectivity index is 1.89. The van der Waals surface area contributed by atoms with Crippen LogP contribution in [0.1, 0.15) is 51.7 Å². The maximum atomic E-state index is 10.3. The highest BCUT2D eigenvalue weighted by Crippen LogP contribution is 2.39. The van der Waals surface area contributed by atoms with Gasteiger partial charge < -0.3 is 14.6 Å². The van der Waals surface area contributed by atoms with Crippen LogP contribution >= 0.6 is 0 Å². The third kappa shape index (κ3) is 4.72. The Morgan fingerprint density at radius 1 is 1.33 bits per heavy atom. The lowest BCUT2D eigenvalue weighted by Gasteiger charge is -2.39. The molecule has 3 atom stereocenters. The Bertz CT molecular complexity index is 456. The molecule has 1 aliphatic rings. The summed E-state index contributed by atoms with van der Waals surface area (Å²) in [4.78, 5) is 0. The Hall–Kier alpha value is -1.06. The molecule has 0 spiro atoms. The molecule has 0 aromatic heterocycles. The molecule has 3 nitrogen and oxygen atoms in total. The quantitative estimate of drug-likeness (QED) is 0.892. The third-order valence-corrected chi connectivity index (χ3v) is 4.31. The molecule has 1 saturated carbocycles. The number of ether oxygens (including phenoxy) is 2. The topological polar surface area (TPSA) is 38.7 Å². The fourth-order valence-corrected chi connectivity index (χ4v) is 3.56. The molecule has 1 aromatic rings. The standard InChI is InChI=1S/C18H28O3/c1-13-8-16(11-18(2,3)10-13)21-12-17(19)14-6-5-7-15(9-14)20-4/h5-7,9,13,16-17,19H,8,10-12H2,1-4H3. The lowest BCUT2D eigenvalue weighted by Crippen LogP contribution is -2.33. The third-order valence-electron chi connectivity index (χ3n) is 4.31. The molecule has 0 saturated heterocycles. The van der Waals surface area contributed by atoms with Gasteiger partial charge in [0.1, 0.15) is 11.9 Å². The van der Waals surface area contributed by atoms with E-state index in [2.05, 4.69) is 20.8 Å². The van der Waals surface area contributed by atoms with Crippen LogP contribution in [0, 0.1) is 11.3 Å². The minimum absolute atomic E-state index is 0.254. The number of benzene rings is 1. The second-order valence-corrected chi connectivity index (χ2v) is 7.16. The van der Waals surface area contributed by atoms with Crippen molar-refractivity contribution >= 4 is 0 Å². The maximum absolute atomic E-state index is 10.3. The molecule has 3 heteroatoms. The molecular weight excluding hydrogens is 264 g/mol. The number of methoxy groups -OCH3 is 1. The first kappa shape index (κ1) is 16.3. The Morgan fingerprint density at radius 2 is 2.10 bits per heavy atom. The highest BCUT2D eigenvalue weighted by Gasteiger charge is 2.32. The zero-order valence-corrected chi connectivity index (χ0v) is 13.6. The number of aliphatic hydroxyl groups excluding tert-OH is 1. The van der Waals surface area contributed by atoms with Crippen molar-refractivity contribution in [2.24, 2.45) is 11.3 Å². The van der Waals surface area contributed by atoms with Crippen LogP contribution in [-0.2, 0) is 4.74 Å². The molecule has 0 amide bonds. The van der Waals surface area contributed by atoms with E-state index in [1.807, 2.05) is 24.3 Å². The zero-order chi connectivity index (χ0) is 15.5. The molecule has 0 radical (unpaired) electrons. The summed E-state index contributed by atoms with van der Waals surface area (Å²) in [7, 11) is 1.63. The lowest BCUT2D eigenvalue weighted by molar-refractivity contribution is -0.0564. The van der Waals surface area contributed by atoms with Gasteiger partial charge in [0.2, 0.25) is 0 Å². The van der Waals surface area contributed by atoms with Crippen LogP contribution in [-0.4, -0.2) is 24.9 Å². The summed E-state index contributed by atoms with van der Waals surface area (Å²) < 4.78 is 11.2. The first-order valence-corrected chi connectivity index (χ1v) is 7.83. The number of rotatable bonds is 5. The minimum Gasteiger partial charge on any atom is -0.497 e. The Labute approximate surface area is 128 Å². The van der Waals surface area contributed by atoms with Crippen molar-refractivity contribution in [1.29, 1.82) is 0 Å². The Kier molecular flexibility index (Phi) is 5.28. The second-order valence-electron chi connectivity index (χ2n) is 7.16. The number of aliphatic hydroxyl groups is 1. The second kappa shape index (κ2) is 6.80. The molecule has 0 bridgehead atoms. The van der Waals surface area contributed by atoms with E-state index in [0.717, 1.165) is 24.2 Å². The molecule has 1 aromatic carbocycles. The highest BCUT2D eigenvalue weighted by atomic mass is 16.5. The van der Waals surface area contributed by atoms with Crippen molar-refractivity contribution in [2.45, 2.75) is 52.2 Å². The zero-order valence-electron chi connectivity index (χ0n) is 13.6. The van der Waals surface area contributed by atoms with E-state index in [9.17, 15) is 5.11 Å². The number of hydrogen-bond acceptors (Lipinski definition) is 3. The first-order chi connectivity index (χ1) is 9.89. The van der Waals surface area contributed by atoms with Crippen molar-refractivity contribution < 1.29 is 14.6 Å². The van der Waals surface area contributed by atoms with Crippen LogP contribution in [0.4, 0.5) is 0 Å². The van der Waals surface area contributed by atoms with Gasteiger partial charge in [0.05, 0.1) is 19.8 Å². The van der Waals surface area contributed by atoms with E-state index in [-0.39, 0.29) is 6.10 Å². The lowest BCUT2D eigenvalue weighted by atomic mass is 9.71. The van der Waals surface area contributed by atoms with E-state index >= 15 is 0 Å². The molecule has 118 valence electrons. The molecule has 1 N–H and O–H groups in total. The van der Waals surface area contributed by atoms with Gasteiger partial charge in [-0.25, -0.2) is 0 Å². The molecule has 21 heavy (non-hydrogen) atoms. The van der Waals surface area contributed by atoms with E-state index in [1.165, 1.54) is 6.42 Å². The van der Waals surface area contributed by atoms with Crippen LogP contribution in [0.2, 0.25) is 0 Å². The predicted molar refractivity (Wildman–Crippen MR) is 84.5 cm³/mol. The summed E-state index contributed by atoms with van der Waals surface area (Å²) in [6.07, 6.45) is 3.08. The van der Waals surface area contributed by atoms with Crippen LogP contribution in [0.5, 0.6) is 5.75 Å². The van der Waals surface area contributed by atoms with Crippen molar-refractivity contribution in [3.63, 3.8) is 0 Å². The molecule has 1 aliphatic carbocycles. The molecule has 2 rings (SSSR count). The average molecular weight is 292 g/mol. The molecule has 0 heterocycles. The molecule has 1 fully saturated rings. The monoisotopic (exact) mass is 292 g/mol. The highest BCUT2D eigenvalue weighted by molar-refractivity contribution is 5.29. The molecule has 0 aliphatic heterocycles. The van der Waals surface area contributed by atoms with Gasteiger partial charge >= 0.3 is 0 Å². The maximum Gasteiger partial charge on any atom is 0.119 e. The fourth-order valence-electron chi connectivity index (χ4n) is 3.56. The van der Waals surface area contributed by atoms with E-state index in [0.29, 0.717) is 17.9 Å². The van der Waals surface area contributed by atoms with Crippen molar-refractivity contribution in [3.8, 4) is 5.75 Å². The van der Waals surface area contributed by atoms with Crippen LogP contribution in [0.25, 0.3) is 0 Å². The van der Waals surface area contributed by atoms with E-state index in [1.54, 1.807) is 7.11 Å². The van der Waals surface area contributed by atoms with Gasteiger partial charge in [0, 0.05) is 0 Å². The van der Waals surface area contributed by atoms with Gasteiger partial charge in [-0.1, -0.05) is 32.9 Å². The van der Waals surface area contributed by atoms with Crippen LogP contribution in [0.3, 0.4) is 0 Å². The van der Waals surface area contributed by atoms with Gasteiger partial charge in [-0.3, -0.25) is 0 Å². The Morgan fingerprint density at radius 3 is 2.76 bits per heavy atom. The van der Waals surface area contributed by atoms with Gasteiger partial charge in [-0.2, -0.15) is 0 Å². The predicted octanol–water partition coefficient (Wildman–Crippen LogP) is 3.96. The summed E-state index contributed by atoms with van der Waals surface area (Å²) in [5, 5.41) is 10.3. The summed E-state index contributed by atoms with van der Waals surface area (Å²) in [6, 6.07) is 7.54. The van der Waals surface area contributed by atoms with Crippen molar-refractivity contribution in [2.75, 3.05) is 13.7 Å². The SMILES string of the molecule is COc1cccc(C(O)COC2CC(C)CC(C)(C)C2)c1. The minimum atomic E-state index is -0.597. The smallest absolute Gasteiger partial charge is 0.119 e. The van der Waals surface area contributed by atoms with Crippen molar-refractivity contribution in [1.82, 2.24) is 0 Å². The summed E-state index contributed by atoms with van der Waals surface area (Å²) in [5.74, 6) is 1.45. The van der Waals surface area contributed by atoms with Gasteiger partial charge in [-0.05, 0) is 48.3 Å². The van der Waals surface area contributed by atoms with Gasteiger partial charge in [-0.15, -0.1) is 0 Å². The van der Waals surface area contributed by atoms with Gasteiger partial charge in [0.15, 0.2) is 0 Å². The molecular formula is C18H28O3. The largest absolute Gasteiger partial charge is 0.497 e. The summed E-state index contributed by atoms with van der Waals surface area (Å²) in [6.45, 7) is 7.24. The number of hydrogen-bond donors (Lipinski definition) is 1.